The van der Waals surface area contributed by atoms with Crippen molar-refractivity contribution >= 4 is 17.6 Å². The number of carbonyl (C=O) groups excluding carboxylic acids is 1. The Hall–Kier alpha value is -1.89. The van der Waals surface area contributed by atoms with Gasteiger partial charge in [0.05, 0.1) is 5.02 Å². The lowest BCUT2D eigenvalue weighted by molar-refractivity contribution is 0.0450. The highest BCUT2D eigenvalue weighted by Gasteiger charge is 2.12. The quantitative estimate of drug-likeness (QED) is 0.817. The molecule has 7 nitrogen and oxygen atoms in total. The van der Waals surface area contributed by atoms with Crippen LogP contribution in [0.25, 0.3) is 0 Å². The summed E-state index contributed by atoms with van der Waals surface area (Å²) >= 11 is 5.71. The summed E-state index contributed by atoms with van der Waals surface area (Å²) in [4.78, 5) is 14.4. The minimum absolute atomic E-state index is 0.0339. The molecule has 19 heavy (non-hydrogen) atoms. The first-order valence-electron chi connectivity index (χ1n) is 5.96. The highest BCUT2D eigenvalue weighted by molar-refractivity contribution is 6.30. The molecule has 0 aliphatic carbocycles. The summed E-state index contributed by atoms with van der Waals surface area (Å²) < 4.78 is 6.75. The van der Waals surface area contributed by atoms with Gasteiger partial charge in [0.25, 0.3) is 0 Å². The van der Waals surface area contributed by atoms with E-state index < -0.39 is 5.97 Å². The maximum atomic E-state index is 11.7. The predicted octanol–water partition coefficient (Wildman–Crippen LogP) is 1.81. The fourth-order valence-electron chi connectivity index (χ4n) is 1.50. The van der Waals surface area contributed by atoms with E-state index in [-0.39, 0.29) is 6.61 Å². The van der Waals surface area contributed by atoms with Crippen molar-refractivity contribution in [1.29, 1.82) is 0 Å². The van der Waals surface area contributed by atoms with Gasteiger partial charge in [-0.05, 0) is 22.9 Å². The Balaban J connectivity index is 1.91. The molecule has 0 amide bonds. The van der Waals surface area contributed by atoms with E-state index in [9.17, 15) is 4.79 Å². The van der Waals surface area contributed by atoms with Crippen LogP contribution < -0.4 is 0 Å². The first-order chi connectivity index (χ1) is 9.20. The highest BCUT2D eigenvalue weighted by atomic mass is 35.5. The second-order valence-corrected chi connectivity index (χ2v) is 4.42. The van der Waals surface area contributed by atoms with E-state index in [1.54, 1.807) is 4.68 Å². The van der Waals surface area contributed by atoms with Crippen LogP contribution in [0.2, 0.25) is 5.02 Å². The van der Waals surface area contributed by atoms with Crippen molar-refractivity contribution in [3.8, 4) is 0 Å². The standard InChI is InChI=1S/C11H14ClN5O2/c1-2-3-4-17-10(14-15-16-17)7-19-11(18)9-5-8(12)6-13-9/h5-6,13H,2-4,7H2,1H3. The molecule has 0 aliphatic rings. The van der Waals surface area contributed by atoms with Gasteiger partial charge in [-0.15, -0.1) is 5.10 Å². The number of aromatic nitrogens is 5. The maximum absolute atomic E-state index is 11.7. The number of aromatic amines is 1. The zero-order valence-corrected chi connectivity index (χ0v) is 11.2. The van der Waals surface area contributed by atoms with Crippen molar-refractivity contribution in [2.45, 2.75) is 32.9 Å². The number of ether oxygens (including phenoxy) is 1. The normalized spacial score (nSPS) is 10.6. The molecule has 2 rings (SSSR count). The zero-order chi connectivity index (χ0) is 13.7. The largest absolute Gasteiger partial charge is 0.453 e. The number of carbonyl (C=O) groups is 1. The average molecular weight is 284 g/mol. The fourth-order valence-corrected chi connectivity index (χ4v) is 1.67. The Morgan fingerprint density at radius 2 is 2.42 bits per heavy atom. The highest BCUT2D eigenvalue weighted by Crippen LogP contribution is 2.11. The molecule has 0 saturated carbocycles. The van der Waals surface area contributed by atoms with Gasteiger partial charge in [0.2, 0.25) is 0 Å². The molecule has 0 radical (unpaired) electrons. The molecule has 1 N–H and O–H groups in total. The summed E-state index contributed by atoms with van der Waals surface area (Å²) in [6.07, 6.45) is 3.53. The molecular weight excluding hydrogens is 270 g/mol. The van der Waals surface area contributed by atoms with Crippen LogP contribution in [0.5, 0.6) is 0 Å². The summed E-state index contributed by atoms with van der Waals surface area (Å²) in [5.74, 6) is 0.0383. The van der Waals surface area contributed by atoms with Crippen LogP contribution in [0.4, 0.5) is 0 Å². The van der Waals surface area contributed by atoms with Gasteiger partial charge in [-0.3, -0.25) is 0 Å². The second kappa shape index (κ2) is 6.33. The number of esters is 1. The lowest BCUT2D eigenvalue weighted by Crippen LogP contribution is -2.11. The Morgan fingerprint density at radius 3 is 3.11 bits per heavy atom. The van der Waals surface area contributed by atoms with Crippen molar-refractivity contribution in [3.63, 3.8) is 0 Å². The van der Waals surface area contributed by atoms with Gasteiger partial charge in [-0.25, -0.2) is 9.48 Å². The number of nitrogens with one attached hydrogen (secondary N) is 1. The van der Waals surface area contributed by atoms with E-state index in [0.717, 1.165) is 12.8 Å². The number of tetrazole rings is 1. The number of hydrogen-bond acceptors (Lipinski definition) is 5. The monoisotopic (exact) mass is 283 g/mol. The van der Waals surface area contributed by atoms with Gasteiger partial charge >= 0.3 is 5.97 Å². The van der Waals surface area contributed by atoms with E-state index in [4.69, 9.17) is 16.3 Å². The molecule has 0 saturated heterocycles. The predicted molar refractivity (Wildman–Crippen MR) is 67.6 cm³/mol. The number of nitrogens with zero attached hydrogens (tertiary/aromatic N) is 4. The SMILES string of the molecule is CCCCn1nnnc1COC(=O)c1cc(Cl)c[nH]1. The van der Waals surface area contributed by atoms with Gasteiger partial charge in [0.1, 0.15) is 5.69 Å². The van der Waals surface area contributed by atoms with Crippen molar-refractivity contribution < 1.29 is 9.53 Å². The molecule has 2 aromatic rings. The fraction of sp³-hybridized carbons (Fsp3) is 0.455. The zero-order valence-electron chi connectivity index (χ0n) is 10.5. The average Bonchev–Trinajstić information content (AvgIpc) is 3.02. The number of unbranched alkanes of at least 4 members (excludes halogenated alkanes) is 1. The minimum Gasteiger partial charge on any atom is -0.453 e. The van der Waals surface area contributed by atoms with Crippen LogP contribution in [0.3, 0.4) is 0 Å². The molecule has 2 aromatic heterocycles. The number of H-pyrrole nitrogens is 1. The lowest BCUT2D eigenvalue weighted by atomic mass is 10.3. The molecular formula is C11H14ClN5O2. The van der Waals surface area contributed by atoms with E-state index in [1.165, 1.54) is 12.3 Å². The number of rotatable bonds is 6. The number of aryl methyl sites for hydroxylation is 1. The summed E-state index contributed by atoms with van der Waals surface area (Å²) in [6.45, 7) is 2.83. The van der Waals surface area contributed by atoms with Gasteiger partial charge in [-0.2, -0.15) is 0 Å². The third kappa shape index (κ3) is 3.54. The molecule has 0 fully saturated rings. The van der Waals surface area contributed by atoms with Crippen molar-refractivity contribution in [2.75, 3.05) is 0 Å². The second-order valence-electron chi connectivity index (χ2n) is 3.98. The Kier molecular flexibility index (Phi) is 4.51. The molecule has 8 heteroatoms. The van der Waals surface area contributed by atoms with Crippen LogP contribution in [-0.4, -0.2) is 31.2 Å². The van der Waals surface area contributed by atoms with Gasteiger partial charge in [0, 0.05) is 12.7 Å². The molecule has 0 atom stereocenters. The number of hydrogen-bond donors (Lipinski definition) is 1. The minimum atomic E-state index is -0.489. The Labute approximate surface area is 114 Å². The van der Waals surface area contributed by atoms with Gasteiger partial charge < -0.3 is 9.72 Å². The first kappa shape index (κ1) is 13.5. The molecule has 102 valence electrons. The maximum Gasteiger partial charge on any atom is 0.355 e. The van der Waals surface area contributed by atoms with Gasteiger partial charge in [-0.1, -0.05) is 24.9 Å². The first-order valence-corrected chi connectivity index (χ1v) is 6.34. The Morgan fingerprint density at radius 1 is 1.58 bits per heavy atom. The van der Waals surface area contributed by atoms with Crippen LogP contribution in [-0.2, 0) is 17.9 Å². The van der Waals surface area contributed by atoms with Gasteiger partial charge in [0.15, 0.2) is 12.4 Å². The summed E-state index contributed by atoms with van der Waals surface area (Å²) in [5.41, 5.74) is 0.303. The third-order valence-electron chi connectivity index (χ3n) is 2.53. The lowest BCUT2D eigenvalue weighted by Gasteiger charge is -2.04. The van der Waals surface area contributed by atoms with Crippen LogP contribution in [0.1, 0.15) is 36.1 Å². The van der Waals surface area contributed by atoms with Crippen LogP contribution in [0, 0.1) is 0 Å². The van der Waals surface area contributed by atoms with E-state index in [0.29, 0.717) is 23.1 Å². The number of halogens is 1. The Bertz CT molecular complexity index is 551. The van der Waals surface area contributed by atoms with Crippen molar-refractivity contribution in [1.82, 2.24) is 25.2 Å². The smallest absolute Gasteiger partial charge is 0.355 e. The summed E-state index contributed by atoms with van der Waals surface area (Å²) in [5, 5.41) is 11.7. The van der Waals surface area contributed by atoms with Crippen LogP contribution >= 0.6 is 11.6 Å². The molecule has 0 bridgehead atoms. The van der Waals surface area contributed by atoms with E-state index >= 15 is 0 Å². The third-order valence-corrected chi connectivity index (χ3v) is 2.75. The summed E-state index contributed by atoms with van der Waals surface area (Å²) in [7, 11) is 0. The molecule has 0 unspecified atom stereocenters. The van der Waals surface area contributed by atoms with E-state index in [1.807, 2.05) is 0 Å². The van der Waals surface area contributed by atoms with Crippen molar-refractivity contribution in [3.05, 3.63) is 28.8 Å². The molecule has 0 aromatic carbocycles. The van der Waals surface area contributed by atoms with E-state index in [2.05, 4.69) is 27.4 Å². The molecule has 0 aliphatic heterocycles. The summed E-state index contributed by atoms with van der Waals surface area (Å²) in [6, 6.07) is 1.50. The molecule has 0 spiro atoms. The molecule has 2 heterocycles. The topological polar surface area (TPSA) is 85.7 Å². The van der Waals surface area contributed by atoms with Crippen molar-refractivity contribution in [2.24, 2.45) is 0 Å². The van der Waals surface area contributed by atoms with Crippen LogP contribution in [0.15, 0.2) is 12.3 Å².